The lowest BCUT2D eigenvalue weighted by atomic mass is 10.1. The monoisotopic (exact) mass is 325 g/mol. The summed E-state index contributed by atoms with van der Waals surface area (Å²) in [4.78, 5) is 30.8. The second kappa shape index (κ2) is 8.24. The van der Waals surface area contributed by atoms with E-state index in [9.17, 15) is 9.59 Å². The molecule has 0 atom stereocenters. The number of carbonyl (C=O) groups is 1. The highest BCUT2D eigenvalue weighted by atomic mass is 16.1. The van der Waals surface area contributed by atoms with Crippen molar-refractivity contribution < 1.29 is 4.79 Å². The average Bonchev–Trinajstić information content (AvgIpc) is 2.59. The predicted molar refractivity (Wildman–Crippen MR) is 96.8 cm³/mol. The number of rotatable bonds is 6. The Balaban J connectivity index is 2.35. The van der Waals surface area contributed by atoms with E-state index in [1.54, 1.807) is 25.2 Å². The lowest BCUT2D eigenvalue weighted by Crippen LogP contribution is -2.17. The molecule has 2 rings (SSSR count). The second-order valence-electron chi connectivity index (χ2n) is 5.56. The molecule has 0 bridgehead atoms. The molecule has 0 aliphatic heterocycles. The smallest absolute Gasteiger partial charge is 0.251 e. The first kappa shape index (κ1) is 17.7. The third kappa shape index (κ3) is 4.41. The van der Waals surface area contributed by atoms with Gasteiger partial charge in [0.2, 0.25) is 0 Å². The number of carbonyl (C=O) groups excluding carboxylic acids is 1. The zero-order chi connectivity index (χ0) is 17.5. The van der Waals surface area contributed by atoms with Gasteiger partial charge < -0.3 is 10.3 Å². The van der Waals surface area contributed by atoms with Crippen LogP contribution >= 0.6 is 0 Å². The maximum Gasteiger partial charge on any atom is 0.251 e. The van der Waals surface area contributed by atoms with Crippen molar-refractivity contribution in [2.75, 3.05) is 7.05 Å². The van der Waals surface area contributed by atoms with Crippen molar-refractivity contribution in [3.8, 4) is 0 Å². The Kier molecular flexibility index (Phi) is 6.07. The zero-order valence-corrected chi connectivity index (χ0v) is 14.3. The van der Waals surface area contributed by atoms with Crippen LogP contribution in [0, 0.1) is 0 Å². The Morgan fingerprint density at radius 1 is 1.25 bits per heavy atom. The van der Waals surface area contributed by atoms with E-state index in [-0.39, 0.29) is 11.5 Å². The number of nitrogens with one attached hydrogen (secondary N) is 2. The van der Waals surface area contributed by atoms with Gasteiger partial charge in [-0.05, 0) is 42.2 Å². The highest BCUT2D eigenvalue weighted by molar-refractivity contribution is 5.94. The van der Waals surface area contributed by atoms with Gasteiger partial charge >= 0.3 is 0 Å². The molecular weight excluding hydrogens is 302 g/mol. The predicted octanol–water partition coefficient (Wildman–Crippen LogP) is 3.03. The van der Waals surface area contributed by atoms with E-state index in [0.29, 0.717) is 11.4 Å². The maximum atomic E-state index is 11.8. The van der Waals surface area contributed by atoms with E-state index in [1.807, 2.05) is 25.1 Å². The lowest BCUT2D eigenvalue weighted by Gasteiger charge is -2.07. The Morgan fingerprint density at radius 2 is 1.96 bits per heavy atom. The summed E-state index contributed by atoms with van der Waals surface area (Å²) in [6, 6.07) is 8.88. The molecule has 5 nitrogen and oxygen atoms in total. The number of allylic oxidation sites excluding steroid dienone is 1. The fourth-order valence-electron chi connectivity index (χ4n) is 2.46. The molecule has 0 saturated heterocycles. The molecule has 126 valence electrons. The van der Waals surface area contributed by atoms with Crippen LogP contribution in [0.1, 0.15) is 54.1 Å². The molecule has 0 fully saturated rings. The van der Waals surface area contributed by atoms with E-state index in [4.69, 9.17) is 0 Å². The Bertz CT molecular complexity index is 789. The van der Waals surface area contributed by atoms with Gasteiger partial charge in [0, 0.05) is 24.4 Å². The van der Waals surface area contributed by atoms with E-state index in [0.717, 1.165) is 36.1 Å². The number of H-pyrrole nitrogens is 1. The van der Waals surface area contributed by atoms with Crippen LogP contribution in [0.2, 0.25) is 0 Å². The van der Waals surface area contributed by atoms with Crippen LogP contribution in [0.5, 0.6) is 0 Å². The van der Waals surface area contributed by atoms with Crippen LogP contribution in [0.3, 0.4) is 0 Å². The Hall–Kier alpha value is -2.69. The van der Waals surface area contributed by atoms with Crippen molar-refractivity contribution in [2.45, 2.75) is 33.1 Å². The number of hydrogen-bond donors (Lipinski definition) is 2. The van der Waals surface area contributed by atoms with Gasteiger partial charge in [0.1, 0.15) is 5.82 Å². The van der Waals surface area contributed by atoms with Crippen molar-refractivity contribution in [2.24, 2.45) is 0 Å². The van der Waals surface area contributed by atoms with Gasteiger partial charge in [-0.2, -0.15) is 0 Å². The lowest BCUT2D eigenvalue weighted by molar-refractivity contribution is 0.0963. The van der Waals surface area contributed by atoms with Crippen molar-refractivity contribution in [3.05, 3.63) is 63.3 Å². The highest BCUT2D eigenvalue weighted by Crippen LogP contribution is 2.18. The first-order valence-electron chi connectivity index (χ1n) is 8.20. The molecule has 0 radical (unpaired) electrons. The van der Waals surface area contributed by atoms with Crippen LogP contribution in [0.15, 0.2) is 35.1 Å². The molecule has 5 heteroatoms. The van der Waals surface area contributed by atoms with E-state index >= 15 is 0 Å². The molecule has 0 aliphatic rings. The zero-order valence-electron chi connectivity index (χ0n) is 14.3. The molecule has 2 N–H and O–H groups in total. The summed E-state index contributed by atoms with van der Waals surface area (Å²) < 4.78 is 0. The summed E-state index contributed by atoms with van der Waals surface area (Å²) in [5.74, 6) is 0.503. The van der Waals surface area contributed by atoms with Crippen molar-refractivity contribution >= 4 is 17.6 Å². The summed E-state index contributed by atoms with van der Waals surface area (Å²) in [5.41, 5.74) is 3.22. The fraction of sp³-hybridized carbons (Fsp3) is 0.316. The Labute approximate surface area is 141 Å². The number of aryl methyl sites for hydroxylation is 1. The molecule has 0 saturated carbocycles. The van der Waals surface area contributed by atoms with Crippen molar-refractivity contribution in [3.63, 3.8) is 0 Å². The average molecular weight is 325 g/mol. The Morgan fingerprint density at radius 3 is 2.54 bits per heavy atom. The van der Waals surface area contributed by atoms with E-state index in [1.165, 1.54) is 0 Å². The van der Waals surface area contributed by atoms with Crippen LogP contribution in [-0.2, 0) is 6.42 Å². The number of aromatic nitrogens is 2. The van der Waals surface area contributed by atoms with Gasteiger partial charge in [-0.1, -0.05) is 32.4 Å². The molecule has 1 amide bonds. The minimum atomic E-state index is -0.127. The molecule has 0 aliphatic carbocycles. The van der Waals surface area contributed by atoms with Gasteiger partial charge in [-0.15, -0.1) is 0 Å². The third-order valence-corrected chi connectivity index (χ3v) is 3.73. The largest absolute Gasteiger partial charge is 0.355 e. The molecule has 1 aromatic carbocycles. The SMILES string of the molecule is CCCc1cc(=O)[nH]c(C(=Cc2ccc(C(=O)NC)cc2)CC)n1. The number of amides is 1. The normalized spacial score (nSPS) is 11.4. The standard InChI is InChI=1S/C19H23N3O2/c1-4-6-16-12-17(23)22-18(21-16)14(5-2)11-13-7-9-15(10-8-13)19(24)20-3/h7-12H,4-6H2,1-3H3,(H,20,24)(H,21,22,23). The van der Waals surface area contributed by atoms with Crippen molar-refractivity contribution in [1.82, 2.24) is 15.3 Å². The number of nitrogens with zero attached hydrogens (tertiary/aromatic N) is 1. The van der Waals surface area contributed by atoms with Gasteiger partial charge in [-0.3, -0.25) is 9.59 Å². The number of hydrogen-bond acceptors (Lipinski definition) is 3. The number of aromatic amines is 1. The van der Waals surface area contributed by atoms with E-state index in [2.05, 4.69) is 22.2 Å². The first-order valence-corrected chi connectivity index (χ1v) is 8.20. The second-order valence-corrected chi connectivity index (χ2v) is 5.56. The van der Waals surface area contributed by atoms with Gasteiger partial charge in [-0.25, -0.2) is 4.98 Å². The molecule has 0 unspecified atom stereocenters. The molecular formula is C19H23N3O2. The van der Waals surface area contributed by atoms with Gasteiger partial charge in [0.15, 0.2) is 0 Å². The topological polar surface area (TPSA) is 74.8 Å². The van der Waals surface area contributed by atoms with Gasteiger partial charge in [0.25, 0.3) is 11.5 Å². The summed E-state index contributed by atoms with van der Waals surface area (Å²) in [5, 5.41) is 2.60. The first-order chi connectivity index (χ1) is 11.6. The minimum Gasteiger partial charge on any atom is -0.355 e. The van der Waals surface area contributed by atoms with Crippen LogP contribution < -0.4 is 10.9 Å². The van der Waals surface area contributed by atoms with Crippen molar-refractivity contribution in [1.29, 1.82) is 0 Å². The molecule has 1 heterocycles. The summed E-state index contributed by atoms with van der Waals surface area (Å²) in [6.07, 6.45) is 4.47. The summed E-state index contributed by atoms with van der Waals surface area (Å²) >= 11 is 0. The van der Waals surface area contributed by atoms with Crippen LogP contribution in [0.25, 0.3) is 11.6 Å². The fourth-order valence-corrected chi connectivity index (χ4v) is 2.46. The molecule has 2 aromatic rings. The maximum absolute atomic E-state index is 11.8. The third-order valence-electron chi connectivity index (χ3n) is 3.73. The number of benzene rings is 1. The highest BCUT2D eigenvalue weighted by Gasteiger charge is 2.07. The molecule has 1 aromatic heterocycles. The molecule has 0 spiro atoms. The van der Waals surface area contributed by atoms with Crippen LogP contribution in [0.4, 0.5) is 0 Å². The summed E-state index contributed by atoms with van der Waals surface area (Å²) in [6.45, 7) is 4.09. The van der Waals surface area contributed by atoms with E-state index < -0.39 is 0 Å². The van der Waals surface area contributed by atoms with Crippen LogP contribution in [-0.4, -0.2) is 22.9 Å². The quantitative estimate of drug-likeness (QED) is 0.857. The summed E-state index contributed by atoms with van der Waals surface area (Å²) in [7, 11) is 1.61. The molecule has 24 heavy (non-hydrogen) atoms. The minimum absolute atomic E-state index is 0.112. The van der Waals surface area contributed by atoms with Gasteiger partial charge in [0.05, 0.1) is 0 Å².